The zero-order valence-corrected chi connectivity index (χ0v) is 11.2. The Kier molecular flexibility index (Phi) is 6.68. The molecule has 0 saturated heterocycles. The lowest BCUT2D eigenvalue weighted by Gasteiger charge is -2.16. The zero-order valence-electron chi connectivity index (χ0n) is 11.2. The van der Waals surface area contributed by atoms with E-state index in [2.05, 4.69) is 4.90 Å². The van der Waals surface area contributed by atoms with E-state index in [9.17, 15) is 4.39 Å². The molecule has 0 aliphatic rings. The van der Waals surface area contributed by atoms with Gasteiger partial charge in [-0.25, -0.2) is 4.39 Å². The number of nitrogens with zero attached hydrogens (tertiary/aromatic N) is 1. The molecule has 0 radical (unpaired) electrons. The monoisotopic (exact) mass is 255 g/mol. The van der Waals surface area contributed by atoms with Crippen molar-refractivity contribution < 1.29 is 14.2 Å². The third kappa shape index (κ3) is 5.02. The number of unbranched alkanes of at least 4 members (excludes halogenated alkanes) is 1. The highest BCUT2D eigenvalue weighted by molar-refractivity contribution is 5.29. The lowest BCUT2D eigenvalue weighted by Crippen LogP contribution is -2.19. The van der Waals surface area contributed by atoms with E-state index < -0.39 is 0 Å². The highest BCUT2D eigenvalue weighted by atomic mass is 19.1. The van der Waals surface area contributed by atoms with Crippen LogP contribution in [0, 0.1) is 5.82 Å². The van der Waals surface area contributed by atoms with E-state index in [0.717, 1.165) is 24.9 Å². The number of hydrogen-bond acceptors (Lipinski definition) is 3. The van der Waals surface area contributed by atoms with Crippen molar-refractivity contribution in [2.24, 2.45) is 0 Å². The van der Waals surface area contributed by atoms with Gasteiger partial charge in [0.05, 0.1) is 6.61 Å². The highest BCUT2D eigenvalue weighted by Crippen LogP contribution is 2.19. The smallest absolute Gasteiger partial charge is 0.165 e. The maximum Gasteiger partial charge on any atom is 0.165 e. The second-order valence-corrected chi connectivity index (χ2v) is 4.37. The Bertz CT molecular complexity index is 358. The van der Waals surface area contributed by atoms with Crippen molar-refractivity contribution >= 4 is 0 Å². The Labute approximate surface area is 108 Å². The number of aliphatic hydroxyl groups is 1. The van der Waals surface area contributed by atoms with Gasteiger partial charge in [-0.3, -0.25) is 0 Å². The number of hydrogen-bond donors (Lipinski definition) is 1. The summed E-state index contributed by atoms with van der Waals surface area (Å²) in [4.78, 5) is 2.12. The lowest BCUT2D eigenvalue weighted by atomic mass is 10.2. The molecule has 1 rings (SSSR count). The van der Waals surface area contributed by atoms with E-state index in [4.69, 9.17) is 9.84 Å². The normalized spacial score (nSPS) is 10.9. The summed E-state index contributed by atoms with van der Waals surface area (Å²) in [7, 11) is 1.99. The maximum absolute atomic E-state index is 13.6. The van der Waals surface area contributed by atoms with E-state index >= 15 is 0 Å². The van der Waals surface area contributed by atoms with E-state index in [1.807, 2.05) is 20.0 Å². The molecule has 1 N–H and O–H groups in total. The van der Waals surface area contributed by atoms with Crippen LogP contribution < -0.4 is 4.74 Å². The van der Waals surface area contributed by atoms with Crippen LogP contribution >= 0.6 is 0 Å². The van der Waals surface area contributed by atoms with Crippen molar-refractivity contribution in [2.45, 2.75) is 26.3 Å². The van der Waals surface area contributed by atoms with Crippen molar-refractivity contribution in [3.63, 3.8) is 0 Å². The van der Waals surface area contributed by atoms with Crippen LogP contribution in [0.15, 0.2) is 18.2 Å². The Morgan fingerprint density at radius 3 is 2.72 bits per heavy atom. The molecule has 0 atom stereocenters. The first-order valence-electron chi connectivity index (χ1n) is 6.38. The molecule has 0 unspecified atom stereocenters. The van der Waals surface area contributed by atoms with Crippen LogP contribution in [0.4, 0.5) is 4.39 Å². The van der Waals surface area contributed by atoms with Gasteiger partial charge in [-0.05, 0) is 51.1 Å². The molecule has 0 aliphatic heterocycles. The molecule has 102 valence electrons. The van der Waals surface area contributed by atoms with E-state index in [1.54, 1.807) is 6.07 Å². The summed E-state index contributed by atoms with van der Waals surface area (Å²) in [5, 5.41) is 8.70. The first kappa shape index (κ1) is 14.9. The van der Waals surface area contributed by atoms with E-state index in [0.29, 0.717) is 18.9 Å². The molecule has 0 heterocycles. The maximum atomic E-state index is 13.6. The SMILES string of the molecule is CCOc1ccc(CN(C)CCCCO)cc1F. The van der Waals surface area contributed by atoms with Crippen molar-refractivity contribution in [2.75, 3.05) is 26.8 Å². The van der Waals surface area contributed by atoms with Gasteiger partial charge < -0.3 is 14.7 Å². The van der Waals surface area contributed by atoms with Gasteiger partial charge in [-0.2, -0.15) is 0 Å². The minimum atomic E-state index is -0.307. The van der Waals surface area contributed by atoms with Crippen molar-refractivity contribution in [3.05, 3.63) is 29.6 Å². The van der Waals surface area contributed by atoms with E-state index in [1.165, 1.54) is 6.07 Å². The fraction of sp³-hybridized carbons (Fsp3) is 0.571. The molecule has 0 spiro atoms. The summed E-state index contributed by atoms with van der Waals surface area (Å²) in [5.74, 6) is 0.00212. The standard InChI is InChI=1S/C14H22FNO2/c1-3-18-14-7-6-12(10-13(14)15)11-16(2)8-4-5-9-17/h6-7,10,17H,3-5,8-9,11H2,1-2H3. The number of benzene rings is 1. The summed E-state index contributed by atoms with van der Waals surface area (Å²) in [5.41, 5.74) is 0.933. The number of aliphatic hydroxyl groups excluding tert-OH is 1. The van der Waals surface area contributed by atoms with Crippen LogP contribution in [-0.2, 0) is 6.54 Å². The van der Waals surface area contributed by atoms with Gasteiger partial charge in [-0.15, -0.1) is 0 Å². The third-order valence-electron chi connectivity index (χ3n) is 2.70. The number of rotatable bonds is 8. The topological polar surface area (TPSA) is 32.7 Å². The van der Waals surface area contributed by atoms with Gasteiger partial charge in [0.25, 0.3) is 0 Å². The largest absolute Gasteiger partial charge is 0.491 e. The molecule has 1 aromatic rings. The van der Waals surface area contributed by atoms with Gasteiger partial charge in [0, 0.05) is 13.2 Å². The van der Waals surface area contributed by atoms with Crippen LogP contribution in [0.3, 0.4) is 0 Å². The van der Waals surface area contributed by atoms with E-state index in [-0.39, 0.29) is 12.4 Å². The first-order valence-corrected chi connectivity index (χ1v) is 6.38. The molecular weight excluding hydrogens is 233 g/mol. The van der Waals surface area contributed by atoms with Crippen LogP contribution in [0.25, 0.3) is 0 Å². The molecule has 0 aliphatic carbocycles. The average Bonchev–Trinajstić information content (AvgIpc) is 2.33. The molecule has 0 aromatic heterocycles. The number of halogens is 1. The van der Waals surface area contributed by atoms with Crippen LogP contribution in [0.1, 0.15) is 25.3 Å². The van der Waals surface area contributed by atoms with Gasteiger partial charge in [0.15, 0.2) is 11.6 Å². The first-order chi connectivity index (χ1) is 8.67. The van der Waals surface area contributed by atoms with Crippen molar-refractivity contribution in [3.8, 4) is 5.75 Å². The predicted molar refractivity (Wildman–Crippen MR) is 70.2 cm³/mol. The van der Waals surface area contributed by atoms with Crippen LogP contribution in [0.5, 0.6) is 5.75 Å². The average molecular weight is 255 g/mol. The highest BCUT2D eigenvalue weighted by Gasteiger charge is 2.06. The summed E-state index contributed by atoms with van der Waals surface area (Å²) < 4.78 is 18.8. The van der Waals surface area contributed by atoms with Crippen LogP contribution in [0.2, 0.25) is 0 Å². The summed E-state index contributed by atoms with van der Waals surface area (Å²) >= 11 is 0. The summed E-state index contributed by atoms with van der Waals surface area (Å²) in [6.07, 6.45) is 1.76. The predicted octanol–water partition coefficient (Wildman–Crippen LogP) is 2.43. The quantitative estimate of drug-likeness (QED) is 0.724. The van der Waals surface area contributed by atoms with Crippen molar-refractivity contribution in [1.82, 2.24) is 4.90 Å². The molecule has 4 heteroatoms. The van der Waals surface area contributed by atoms with Gasteiger partial charge in [-0.1, -0.05) is 6.07 Å². The minimum Gasteiger partial charge on any atom is -0.491 e. The van der Waals surface area contributed by atoms with Crippen LogP contribution in [-0.4, -0.2) is 36.8 Å². The Hall–Kier alpha value is -1.13. The van der Waals surface area contributed by atoms with Gasteiger partial charge >= 0.3 is 0 Å². The summed E-state index contributed by atoms with van der Waals surface area (Å²) in [6.45, 7) is 4.13. The summed E-state index contributed by atoms with van der Waals surface area (Å²) in [6, 6.07) is 5.08. The second-order valence-electron chi connectivity index (χ2n) is 4.37. The fourth-order valence-corrected chi connectivity index (χ4v) is 1.80. The molecule has 1 aromatic carbocycles. The van der Waals surface area contributed by atoms with Gasteiger partial charge in [0.2, 0.25) is 0 Å². The Morgan fingerprint density at radius 1 is 1.33 bits per heavy atom. The van der Waals surface area contributed by atoms with Crippen molar-refractivity contribution in [1.29, 1.82) is 0 Å². The molecular formula is C14H22FNO2. The molecule has 18 heavy (non-hydrogen) atoms. The number of ether oxygens (including phenoxy) is 1. The minimum absolute atomic E-state index is 0.228. The fourth-order valence-electron chi connectivity index (χ4n) is 1.80. The zero-order chi connectivity index (χ0) is 13.4. The third-order valence-corrected chi connectivity index (χ3v) is 2.70. The molecule has 3 nitrogen and oxygen atoms in total. The lowest BCUT2D eigenvalue weighted by molar-refractivity contribution is 0.261. The second kappa shape index (κ2) is 8.06. The molecule has 0 fully saturated rings. The molecule has 0 saturated carbocycles. The Balaban J connectivity index is 2.49. The van der Waals surface area contributed by atoms with Gasteiger partial charge in [0.1, 0.15) is 0 Å². The Morgan fingerprint density at radius 2 is 2.11 bits per heavy atom. The molecule has 0 amide bonds. The molecule has 0 bridgehead atoms.